The van der Waals surface area contributed by atoms with Crippen LogP contribution in [-0.2, 0) is 0 Å². The fourth-order valence-electron chi connectivity index (χ4n) is 5.16. The van der Waals surface area contributed by atoms with E-state index >= 15 is 0 Å². The second kappa shape index (κ2) is 32.2. The summed E-state index contributed by atoms with van der Waals surface area (Å²) >= 11 is 0. The zero-order chi connectivity index (χ0) is 27.8. The second-order valence-corrected chi connectivity index (χ2v) is 11.8. The van der Waals surface area contributed by atoms with Crippen molar-refractivity contribution in [3.8, 4) is 0 Å². The molecule has 0 aliphatic heterocycles. The highest BCUT2D eigenvalue weighted by Gasteiger charge is 1.99. The first kappa shape index (κ1) is 36.9. The number of unbranched alkanes of at least 4 members (excludes halogenated alkanes) is 23. The summed E-state index contributed by atoms with van der Waals surface area (Å²) in [6, 6.07) is 0. The van der Waals surface area contributed by atoms with Crippen LogP contribution in [-0.4, -0.2) is 24.8 Å². The van der Waals surface area contributed by atoms with Crippen molar-refractivity contribution in [1.29, 1.82) is 5.41 Å². The lowest BCUT2D eigenvalue weighted by molar-refractivity contribution is 0.562. The Morgan fingerprint density at radius 1 is 0.500 bits per heavy atom. The molecule has 0 amide bonds. The lowest BCUT2D eigenvalue weighted by Crippen LogP contribution is -2.23. The van der Waals surface area contributed by atoms with Crippen molar-refractivity contribution in [2.75, 3.05) is 13.1 Å². The highest BCUT2D eigenvalue weighted by Crippen LogP contribution is 2.12. The molecular weight excluding hydrogens is 464 g/mol. The third-order valence-electron chi connectivity index (χ3n) is 7.80. The van der Waals surface area contributed by atoms with Gasteiger partial charge in [-0.05, 0) is 25.7 Å². The smallest absolute Gasteiger partial charge is 0.0937 e. The summed E-state index contributed by atoms with van der Waals surface area (Å²) in [7, 11) is 0. The minimum Gasteiger partial charge on any atom is -0.387 e. The molecule has 0 saturated carbocycles. The highest BCUT2D eigenvalue weighted by molar-refractivity contribution is 5.80. The molecular formula is C34H70N4. The Morgan fingerprint density at radius 3 is 1.34 bits per heavy atom. The number of rotatable bonds is 31. The largest absolute Gasteiger partial charge is 0.387 e. The van der Waals surface area contributed by atoms with Gasteiger partial charge in [0.1, 0.15) is 0 Å². The quantitative estimate of drug-likeness (QED) is 0.0470. The van der Waals surface area contributed by atoms with E-state index in [-0.39, 0.29) is 0 Å². The number of hydrogen-bond acceptors (Lipinski definition) is 2. The van der Waals surface area contributed by atoms with Crippen LogP contribution in [0.2, 0.25) is 0 Å². The Balaban J connectivity index is 3.28. The maximum Gasteiger partial charge on any atom is 0.0937 e. The fourth-order valence-corrected chi connectivity index (χ4v) is 5.16. The van der Waals surface area contributed by atoms with Crippen LogP contribution < -0.4 is 11.1 Å². The van der Waals surface area contributed by atoms with Crippen LogP contribution in [0, 0.1) is 5.41 Å². The topological polar surface area (TPSA) is 74.3 Å². The van der Waals surface area contributed by atoms with E-state index in [9.17, 15) is 0 Å². The van der Waals surface area contributed by atoms with Gasteiger partial charge in [-0.2, -0.15) is 0 Å². The number of nitrogens with two attached hydrogens (primary N) is 1. The number of hydrogen-bond donors (Lipinski definition) is 3. The van der Waals surface area contributed by atoms with Gasteiger partial charge in [-0.1, -0.05) is 155 Å². The van der Waals surface area contributed by atoms with Crippen LogP contribution in [0.4, 0.5) is 0 Å². The van der Waals surface area contributed by atoms with Crippen LogP contribution in [0.25, 0.3) is 0 Å². The van der Waals surface area contributed by atoms with E-state index in [1.807, 2.05) is 0 Å². The molecule has 0 unspecified atom stereocenters. The number of nitrogens with zero attached hydrogens (tertiary/aromatic N) is 1. The maximum atomic E-state index is 8.09. The summed E-state index contributed by atoms with van der Waals surface area (Å²) in [6.07, 6.45) is 36.6. The Bertz CT molecular complexity index is 503. The molecule has 0 saturated heterocycles. The van der Waals surface area contributed by atoms with Gasteiger partial charge in [0.25, 0.3) is 0 Å². The molecule has 0 spiro atoms. The van der Waals surface area contributed by atoms with Crippen molar-refractivity contribution in [3.05, 3.63) is 0 Å². The van der Waals surface area contributed by atoms with E-state index in [2.05, 4.69) is 24.2 Å². The van der Waals surface area contributed by atoms with E-state index in [0.29, 0.717) is 0 Å². The van der Waals surface area contributed by atoms with Gasteiger partial charge in [0, 0.05) is 25.9 Å². The number of amidine groups is 2. The maximum absolute atomic E-state index is 8.09. The average molecular weight is 535 g/mol. The van der Waals surface area contributed by atoms with Crippen molar-refractivity contribution in [1.82, 2.24) is 5.32 Å². The predicted molar refractivity (Wildman–Crippen MR) is 173 cm³/mol. The molecule has 38 heavy (non-hydrogen) atoms. The first-order chi connectivity index (χ1) is 18.7. The van der Waals surface area contributed by atoms with Crippen molar-refractivity contribution in [3.63, 3.8) is 0 Å². The van der Waals surface area contributed by atoms with Crippen LogP contribution >= 0.6 is 0 Å². The first-order valence-electron chi connectivity index (χ1n) is 17.3. The molecule has 0 aromatic rings. The van der Waals surface area contributed by atoms with Gasteiger partial charge in [-0.15, -0.1) is 0 Å². The Labute approximate surface area is 239 Å². The molecule has 4 heteroatoms. The minimum atomic E-state index is 0.754. The Kier molecular flexibility index (Phi) is 31.3. The summed E-state index contributed by atoms with van der Waals surface area (Å²) < 4.78 is 0. The van der Waals surface area contributed by atoms with E-state index in [4.69, 9.17) is 11.1 Å². The third kappa shape index (κ3) is 31.2. The second-order valence-electron chi connectivity index (χ2n) is 11.8. The third-order valence-corrected chi connectivity index (χ3v) is 7.80. The van der Waals surface area contributed by atoms with Crippen molar-refractivity contribution >= 4 is 11.7 Å². The normalized spacial score (nSPS) is 11.8. The zero-order valence-electron chi connectivity index (χ0n) is 26.2. The highest BCUT2D eigenvalue weighted by atomic mass is 14.9. The van der Waals surface area contributed by atoms with Crippen LogP contribution in [0.1, 0.15) is 194 Å². The van der Waals surface area contributed by atoms with Gasteiger partial charge in [-0.3, -0.25) is 10.4 Å². The van der Waals surface area contributed by atoms with Gasteiger partial charge in [0.15, 0.2) is 0 Å². The lowest BCUT2D eigenvalue weighted by Gasteiger charge is -2.08. The molecule has 4 nitrogen and oxygen atoms in total. The van der Waals surface area contributed by atoms with E-state index in [1.54, 1.807) is 0 Å². The van der Waals surface area contributed by atoms with Crippen LogP contribution in [0.3, 0.4) is 0 Å². The molecule has 0 rings (SSSR count). The molecule has 0 fully saturated rings. The average Bonchev–Trinajstić information content (AvgIpc) is 2.91. The van der Waals surface area contributed by atoms with Crippen LogP contribution in [0.15, 0.2) is 4.99 Å². The predicted octanol–water partition coefficient (Wildman–Crippen LogP) is 10.9. The summed E-state index contributed by atoms with van der Waals surface area (Å²) in [5.74, 6) is 1.63. The molecule has 0 aliphatic rings. The first-order valence-corrected chi connectivity index (χ1v) is 17.3. The number of nitrogens with one attached hydrogen (secondary N) is 2. The van der Waals surface area contributed by atoms with Gasteiger partial charge in [0.2, 0.25) is 0 Å². The van der Waals surface area contributed by atoms with Crippen molar-refractivity contribution in [2.24, 2.45) is 10.7 Å². The van der Waals surface area contributed by atoms with Gasteiger partial charge >= 0.3 is 0 Å². The molecule has 0 heterocycles. The molecule has 0 aliphatic carbocycles. The molecule has 0 radical (unpaired) electrons. The summed E-state index contributed by atoms with van der Waals surface area (Å²) in [5.41, 5.74) is 6.10. The van der Waals surface area contributed by atoms with E-state index < -0.39 is 0 Å². The molecule has 0 bridgehead atoms. The molecule has 0 atom stereocenters. The number of aliphatic imine (C=N–C) groups is 1. The lowest BCUT2D eigenvalue weighted by atomic mass is 10.1. The standard InChI is InChI=1S/C34H70N4/c1-3-5-7-9-11-13-17-21-25-29-33(35)37-31-27-23-19-15-16-20-24-28-32-38-34(36)30-26-22-18-14-12-10-8-6-4-2/h3-32H2,1-2H3,(H2,35,37)(H2,36,38). The summed E-state index contributed by atoms with van der Waals surface area (Å²) in [5, 5.41) is 11.4. The molecule has 0 aromatic heterocycles. The monoisotopic (exact) mass is 535 g/mol. The molecule has 226 valence electrons. The van der Waals surface area contributed by atoms with Crippen LogP contribution in [0.5, 0.6) is 0 Å². The molecule has 4 N–H and O–H groups in total. The van der Waals surface area contributed by atoms with Crippen molar-refractivity contribution < 1.29 is 0 Å². The minimum absolute atomic E-state index is 0.754. The van der Waals surface area contributed by atoms with E-state index in [0.717, 1.165) is 37.6 Å². The SMILES string of the molecule is CCCCCCCCCCCC(=N)NCCCCCCCCCCN=C(N)CCCCCCCCCCC. The van der Waals surface area contributed by atoms with Gasteiger partial charge < -0.3 is 11.1 Å². The molecule has 0 aromatic carbocycles. The van der Waals surface area contributed by atoms with Crippen molar-refractivity contribution in [2.45, 2.75) is 194 Å². The van der Waals surface area contributed by atoms with E-state index in [1.165, 1.54) is 167 Å². The van der Waals surface area contributed by atoms with Gasteiger partial charge in [0.05, 0.1) is 11.7 Å². The zero-order valence-corrected chi connectivity index (χ0v) is 26.2. The fraction of sp³-hybridized carbons (Fsp3) is 0.941. The summed E-state index contributed by atoms with van der Waals surface area (Å²) in [6.45, 7) is 6.46. The Morgan fingerprint density at radius 2 is 0.868 bits per heavy atom. The Hall–Kier alpha value is -1.06. The van der Waals surface area contributed by atoms with Gasteiger partial charge in [-0.25, -0.2) is 0 Å². The summed E-state index contributed by atoms with van der Waals surface area (Å²) in [4.78, 5) is 4.59.